The number of hydrogen-bond acceptors (Lipinski definition) is 4. The van der Waals surface area contributed by atoms with E-state index in [0.717, 1.165) is 11.8 Å². The minimum Gasteiger partial charge on any atom is -0.472 e. The first kappa shape index (κ1) is 16.2. The average molecular weight is 333 g/mol. The van der Waals surface area contributed by atoms with E-state index in [-0.39, 0.29) is 18.1 Å². The first-order chi connectivity index (χ1) is 11.5. The van der Waals surface area contributed by atoms with Crippen molar-refractivity contribution in [2.45, 2.75) is 26.5 Å². The molecule has 0 aliphatic carbocycles. The number of aromatic nitrogens is 2. The molecule has 0 saturated carbocycles. The lowest BCUT2D eigenvalue weighted by molar-refractivity contribution is 0.282. The Kier molecular flexibility index (Phi) is 4.33. The lowest BCUT2D eigenvalue weighted by atomic mass is 10.2. The van der Waals surface area contributed by atoms with Gasteiger partial charge in [-0.15, -0.1) is 0 Å². The summed E-state index contributed by atoms with van der Waals surface area (Å²) >= 11 is 0. The van der Waals surface area contributed by atoms with Gasteiger partial charge in [-0.2, -0.15) is 4.98 Å². The van der Waals surface area contributed by atoms with Crippen molar-refractivity contribution < 1.29 is 13.5 Å². The molecule has 1 aliphatic heterocycles. The Hall–Kier alpha value is -2.70. The summed E-state index contributed by atoms with van der Waals surface area (Å²) in [4.78, 5) is 17.9. The number of benzene rings is 1. The highest BCUT2D eigenvalue weighted by Gasteiger charge is 2.21. The Balaban J connectivity index is 1.89. The second-order valence-corrected chi connectivity index (χ2v) is 5.45. The van der Waals surface area contributed by atoms with Crippen molar-refractivity contribution in [2.75, 3.05) is 11.4 Å². The van der Waals surface area contributed by atoms with E-state index in [1.54, 1.807) is 10.6 Å². The largest absolute Gasteiger partial charge is 0.472 e. The first-order valence-corrected chi connectivity index (χ1v) is 7.64. The lowest BCUT2D eigenvalue weighted by Crippen LogP contribution is -2.36. The zero-order valence-corrected chi connectivity index (χ0v) is 13.3. The summed E-state index contributed by atoms with van der Waals surface area (Å²) in [5, 5.41) is 0. The Labute approximate surface area is 137 Å². The number of nitrogens with zero attached hydrogens (tertiary/aromatic N) is 3. The lowest BCUT2D eigenvalue weighted by Gasteiger charge is -2.32. The highest BCUT2D eigenvalue weighted by molar-refractivity contribution is 5.49. The van der Waals surface area contributed by atoms with Crippen molar-refractivity contribution in [3.63, 3.8) is 0 Å². The molecule has 2 aromatic rings. The van der Waals surface area contributed by atoms with Gasteiger partial charge in [0, 0.05) is 36.8 Å². The molecule has 0 saturated heterocycles. The van der Waals surface area contributed by atoms with Crippen LogP contribution in [0.15, 0.2) is 41.3 Å². The summed E-state index contributed by atoms with van der Waals surface area (Å²) in [5.41, 5.74) is 0.532. The fourth-order valence-corrected chi connectivity index (χ4v) is 2.72. The van der Waals surface area contributed by atoms with Crippen LogP contribution in [-0.2, 0) is 13.2 Å². The van der Waals surface area contributed by atoms with E-state index in [2.05, 4.69) is 11.6 Å². The number of allylic oxidation sites excluding steroid dienone is 1. The molecule has 2 heterocycles. The van der Waals surface area contributed by atoms with Gasteiger partial charge in [-0.3, -0.25) is 4.57 Å². The summed E-state index contributed by atoms with van der Waals surface area (Å²) in [6.45, 7) is 6.90. The van der Waals surface area contributed by atoms with Gasteiger partial charge in [0.05, 0.1) is 0 Å². The van der Waals surface area contributed by atoms with Gasteiger partial charge in [0.2, 0.25) is 5.88 Å². The van der Waals surface area contributed by atoms with Crippen LogP contribution in [0, 0.1) is 11.6 Å². The van der Waals surface area contributed by atoms with Crippen LogP contribution < -0.4 is 15.3 Å². The fourth-order valence-electron chi connectivity index (χ4n) is 2.72. The molecule has 0 fully saturated rings. The van der Waals surface area contributed by atoms with Crippen LogP contribution >= 0.6 is 0 Å². The van der Waals surface area contributed by atoms with Crippen molar-refractivity contribution in [1.29, 1.82) is 0 Å². The van der Waals surface area contributed by atoms with Crippen LogP contribution in [0.1, 0.15) is 18.9 Å². The van der Waals surface area contributed by atoms with Gasteiger partial charge in [-0.05, 0) is 13.0 Å². The number of rotatable bonds is 4. The predicted octanol–water partition coefficient (Wildman–Crippen LogP) is 2.84. The minimum absolute atomic E-state index is 0.0615. The van der Waals surface area contributed by atoms with Gasteiger partial charge in [-0.1, -0.05) is 18.7 Å². The molecule has 0 N–H and O–H groups in total. The van der Waals surface area contributed by atoms with Crippen molar-refractivity contribution in [3.8, 4) is 5.88 Å². The standard InChI is InChI=1S/C17H17F2N3O2/c1-3-21-11(2)7-8-22-15(21)9-14(20-17(22)23)24-10-12-5-4-6-13(18)16(12)19/h4-6,9H,2-3,7-8,10H2,1H3. The van der Waals surface area contributed by atoms with Gasteiger partial charge in [0.1, 0.15) is 12.4 Å². The SMILES string of the molecule is C=C1CCn2c(cc(OCc3cccc(F)c3F)nc2=O)N1CC. The zero-order valence-electron chi connectivity index (χ0n) is 13.3. The molecule has 126 valence electrons. The van der Waals surface area contributed by atoms with E-state index in [1.165, 1.54) is 12.1 Å². The van der Waals surface area contributed by atoms with Gasteiger partial charge in [0.15, 0.2) is 11.6 Å². The fraction of sp³-hybridized carbons (Fsp3) is 0.294. The third-order valence-electron chi connectivity index (χ3n) is 3.97. The summed E-state index contributed by atoms with van der Waals surface area (Å²) < 4.78 is 33.8. The third-order valence-corrected chi connectivity index (χ3v) is 3.97. The van der Waals surface area contributed by atoms with Crippen LogP contribution in [0.25, 0.3) is 0 Å². The first-order valence-electron chi connectivity index (χ1n) is 7.64. The van der Waals surface area contributed by atoms with Crippen molar-refractivity contribution in [1.82, 2.24) is 9.55 Å². The maximum atomic E-state index is 13.7. The number of fused-ring (bicyclic) bond motifs is 1. The molecule has 3 rings (SSSR count). The molecule has 0 atom stereocenters. The van der Waals surface area contributed by atoms with Gasteiger partial charge >= 0.3 is 5.69 Å². The Bertz CT molecular complexity index is 848. The van der Waals surface area contributed by atoms with Crippen LogP contribution in [0.2, 0.25) is 0 Å². The van der Waals surface area contributed by atoms with E-state index in [4.69, 9.17) is 4.74 Å². The minimum atomic E-state index is -0.962. The molecule has 1 aliphatic rings. The second kappa shape index (κ2) is 6.43. The molecule has 1 aromatic carbocycles. The summed E-state index contributed by atoms with van der Waals surface area (Å²) in [5.74, 6) is -1.19. The normalized spacial score (nSPS) is 13.8. The molecule has 0 unspecified atom stereocenters. The Morgan fingerprint density at radius 2 is 2.17 bits per heavy atom. The molecular formula is C17H17F2N3O2. The van der Waals surface area contributed by atoms with Crippen molar-refractivity contribution in [2.24, 2.45) is 0 Å². The number of halogens is 2. The van der Waals surface area contributed by atoms with E-state index in [0.29, 0.717) is 25.3 Å². The number of anilines is 1. The Morgan fingerprint density at radius 1 is 1.38 bits per heavy atom. The molecule has 1 aromatic heterocycles. The zero-order chi connectivity index (χ0) is 17.3. The van der Waals surface area contributed by atoms with Crippen LogP contribution in [-0.4, -0.2) is 16.1 Å². The van der Waals surface area contributed by atoms with Crippen molar-refractivity contribution >= 4 is 5.82 Å². The molecule has 7 heteroatoms. The molecule has 0 spiro atoms. The van der Waals surface area contributed by atoms with Gasteiger partial charge in [-0.25, -0.2) is 13.6 Å². The molecule has 5 nitrogen and oxygen atoms in total. The van der Waals surface area contributed by atoms with E-state index in [1.807, 2.05) is 11.8 Å². The monoisotopic (exact) mass is 333 g/mol. The van der Waals surface area contributed by atoms with Gasteiger partial charge < -0.3 is 9.64 Å². The van der Waals surface area contributed by atoms with Crippen LogP contribution in [0.4, 0.5) is 14.6 Å². The highest BCUT2D eigenvalue weighted by Crippen LogP contribution is 2.27. The number of hydrogen-bond donors (Lipinski definition) is 0. The molecular weight excluding hydrogens is 316 g/mol. The van der Waals surface area contributed by atoms with Gasteiger partial charge in [0.25, 0.3) is 0 Å². The van der Waals surface area contributed by atoms with E-state index < -0.39 is 17.3 Å². The van der Waals surface area contributed by atoms with Crippen LogP contribution in [0.3, 0.4) is 0 Å². The number of ether oxygens (including phenoxy) is 1. The quantitative estimate of drug-likeness (QED) is 0.863. The molecule has 0 radical (unpaired) electrons. The summed E-state index contributed by atoms with van der Waals surface area (Å²) in [7, 11) is 0. The van der Waals surface area contributed by atoms with E-state index >= 15 is 0 Å². The maximum absolute atomic E-state index is 13.7. The molecule has 0 amide bonds. The smallest absolute Gasteiger partial charge is 0.352 e. The van der Waals surface area contributed by atoms with Crippen LogP contribution in [0.5, 0.6) is 5.88 Å². The van der Waals surface area contributed by atoms with E-state index in [9.17, 15) is 13.6 Å². The summed E-state index contributed by atoms with van der Waals surface area (Å²) in [6.07, 6.45) is 0.678. The Morgan fingerprint density at radius 3 is 2.92 bits per heavy atom. The highest BCUT2D eigenvalue weighted by atomic mass is 19.2. The molecule has 0 bridgehead atoms. The predicted molar refractivity (Wildman–Crippen MR) is 86.0 cm³/mol. The second-order valence-electron chi connectivity index (χ2n) is 5.45. The maximum Gasteiger partial charge on any atom is 0.352 e. The molecule has 24 heavy (non-hydrogen) atoms. The third kappa shape index (κ3) is 2.89. The summed E-state index contributed by atoms with van der Waals surface area (Å²) in [6, 6.07) is 5.47. The average Bonchev–Trinajstić information content (AvgIpc) is 2.56. The topological polar surface area (TPSA) is 47.4 Å². The van der Waals surface area contributed by atoms with Crippen molar-refractivity contribution in [3.05, 3.63) is 64.2 Å².